The second-order valence-electron chi connectivity index (χ2n) is 12.5. The van der Waals surface area contributed by atoms with Crippen LogP contribution in [-0.2, 0) is 29.0 Å². The zero-order valence-corrected chi connectivity index (χ0v) is 29.4. The first-order valence-electron chi connectivity index (χ1n) is 14.2. The van der Waals surface area contributed by atoms with Gasteiger partial charge in [0.15, 0.2) is 0 Å². The molecule has 0 radical (unpaired) electrons. The zero-order valence-electron chi connectivity index (χ0n) is 22.2. The molecule has 4 bridgehead atoms. The van der Waals surface area contributed by atoms with Crippen LogP contribution in [0.4, 0.5) is 11.4 Å². The monoisotopic (exact) mass is 856 g/mol. The van der Waals surface area contributed by atoms with Crippen molar-refractivity contribution >= 4 is 109 Å². The lowest BCUT2D eigenvalue weighted by atomic mass is 9.81. The summed E-state index contributed by atoms with van der Waals surface area (Å²) in [7, 11) is -3.95. The van der Waals surface area contributed by atoms with Gasteiger partial charge in [-0.25, -0.2) is 8.42 Å². The Morgan fingerprint density at radius 3 is 1.00 bits per heavy atom. The van der Waals surface area contributed by atoms with E-state index < -0.39 is 9.84 Å². The van der Waals surface area contributed by atoms with Crippen LogP contribution in [0.2, 0.25) is 0 Å². The van der Waals surface area contributed by atoms with E-state index in [-0.39, 0.29) is 100 Å². The molecule has 8 nitrogen and oxygen atoms in total. The lowest BCUT2D eigenvalue weighted by Gasteiger charge is -2.28. The predicted octanol–water partition coefficient (Wildman–Crippen LogP) is 5.08. The van der Waals surface area contributed by atoms with Crippen LogP contribution in [0.5, 0.6) is 0 Å². The lowest BCUT2D eigenvalue weighted by Crippen LogP contribution is -2.37. The van der Waals surface area contributed by atoms with E-state index in [1.54, 1.807) is 0 Å². The Balaban J connectivity index is 1.02. The molecule has 2 heterocycles. The Labute approximate surface area is 281 Å². The van der Waals surface area contributed by atoms with E-state index in [1.807, 2.05) is 0 Å². The molecule has 2 aromatic rings. The van der Waals surface area contributed by atoms with Gasteiger partial charge in [-0.2, -0.15) is 0 Å². The first-order chi connectivity index (χ1) is 20.4. The van der Waals surface area contributed by atoms with Gasteiger partial charge in [-0.3, -0.25) is 29.0 Å². The molecule has 8 unspecified atom stereocenters. The van der Waals surface area contributed by atoms with Crippen molar-refractivity contribution in [1.82, 2.24) is 0 Å². The maximum absolute atomic E-state index is 13.5. The van der Waals surface area contributed by atoms with Crippen molar-refractivity contribution in [3.63, 3.8) is 0 Å². The average Bonchev–Trinajstić information content (AvgIpc) is 3.80. The van der Waals surface area contributed by atoms with Gasteiger partial charge in [0.1, 0.15) is 0 Å². The second-order valence-corrected chi connectivity index (χ2v) is 18.7. The third-order valence-corrected chi connectivity index (χ3v) is 19.0. The molecule has 224 valence electrons. The van der Waals surface area contributed by atoms with Gasteiger partial charge in [-0.15, -0.1) is 0 Å². The van der Waals surface area contributed by atoms with Gasteiger partial charge in [0.05, 0.1) is 44.8 Å². The minimum absolute atomic E-state index is 0.00978. The molecule has 2 aliphatic heterocycles. The molecule has 4 saturated carbocycles. The van der Waals surface area contributed by atoms with Crippen LogP contribution in [0, 0.1) is 47.3 Å². The van der Waals surface area contributed by atoms with Gasteiger partial charge < -0.3 is 0 Å². The number of carbonyl (C=O) groups is 4. The minimum Gasteiger partial charge on any atom is -0.274 e. The lowest BCUT2D eigenvalue weighted by molar-refractivity contribution is -0.124. The Kier molecular flexibility index (Phi) is 6.61. The minimum atomic E-state index is -3.95. The Bertz CT molecular complexity index is 1540. The maximum atomic E-state index is 13.5. The number of alkyl halides is 4. The van der Waals surface area contributed by atoms with E-state index in [4.69, 9.17) is 0 Å². The van der Waals surface area contributed by atoms with Crippen LogP contribution in [0.1, 0.15) is 12.8 Å². The fourth-order valence-electron chi connectivity index (χ4n) is 8.89. The zero-order chi connectivity index (χ0) is 30.3. The van der Waals surface area contributed by atoms with Crippen molar-refractivity contribution in [2.75, 3.05) is 9.80 Å². The normalized spacial score (nSPS) is 41.1. The molecule has 8 rings (SSSR count). The molecule has 0 spiro atoms. The van der Waals surface area contributed by atoms with E-state index >= 15 is 0 Å². The summed E-state index contributed by atoms with van der Waals surface area (Å²) in [4.78, 5) is 56.4. The highest BCUT2D eigenvalue weighted by atomic mass is 79.9. The van der Waals surface area contributed by atoms with Gasteiger partial charge >= 0.3 is 0 Å². The van der Waals surface area contributed by atoms with E-state index in [0.29, 0.717) is 11.4 Å². The van der Waals surface area contributed by atoms with Crippen LogP contribution in [0.3, 0.4) is 0 Å². The summed E-state index contributed by atoms with van der Waals surface area (Å²) in [5, 5.41) is 0. The largest absolute Gasteiger partial charge is 0.274 e. The molecular formula is C30H24Br4N2O6S. The van der Waals surface area contributed by atoms with Crippen molar-refractivity contribution < 1.29 is 27.6 Å². The van der Waals surface area contributed by atoms with Gasteiger partial charge in [0.25, 0.3) is 0 Å². The smallest absolute Gasteiger partial charge is 0.238 e. The molecular weight excluding hydrogens is 836 g/mol. The second kappa shape index (κ2) is 9.80. The molecule has 2 aromatic carbocycles. The van der Waals surface area contributed by atoms with Crippen LogP contribution in [0.25, 0.3) is 0 Å². The van der Waals surface area contributed by atoms with E-state index in [0.717, 1.165) is 12.8 Å². The van der Waals surface area contributed by atoms with E-state index in [1.165, 1.54) is 58.3 Å². The highest BCUT2D eigenvalue weighted by molar-refractivity contribution is 9.12. The van der Waals surface area contributed by atoms with Gasteiger partial charge in [-0.1, -0.05) is 63.7 Å². The summed E-state index contributed by atoms with van der Waals surface area (Å²) < 4.78 is 27.0. The number of hydrogen-bond donors (Lipinski definition) is 0. The maximum Gasteiger partial charge on any atom is 0.238 e. The first-order valence-corrected chi connectivity index (χ1v) is 19.3. The van der Waals surface area contributed by atoms with Gasteiger partial charge in [-0.05, 0) is 85.0 Å². The van der Waals surface area contributed by atoms with Crippen molar-refractivity contribution in [3.8, 4) is 0 Å². The Morgan fingerprint density at radius 1 is 0.488 bits per heavy atom. The van der Waals surface area contributed by atoms with Crippen LogP contribution >= 0.6 is 63.7 Å². The summed E-state index contributed by atoms with van der Waals surface area (Å²) in [5.74, 6) is -1.96. The van der Waals surface area contributed by atoms with Gasteiger partial charge in [0, 0.05) is 19.3 Å². The number of hydrogen-bond acceptors (Lipinski definition) is 6. The summed E-state index contributed by atoms with van der Waals surface area (Å²) in [6, 6.07) is 11.6. The Hall–Kier alpha value is -1.41. The first kappa shape index (κ1) is 29.0. The summed E-state index contributed by atoms with van der Waals surface area (Å²) >= 11 is 14.8. The molecule has 4 amide bonds. The third kappa shape index (κ3) is 3.77. The SMILES string of the molecule is O=C1C2C(C(=O)N1c1ccc(S(=O)(=O)c3ccc(N4C(=O)C5C(C4=O)C4CC5[C@@H](Br)[C@H]4Br)cc3)cc1)C1CC2[C@@H](Br)[C@H]1Br. The number of amides is 4. The molecule has 0 N–H and O–H groups in total. The average molecular weight is 860 g/mol. The van der Waals surface area contributed by atoms with Crippen molar-refractivity contribution in [2.45, 2.75) is 41.9 Å². The van der Waals surface area contributed by atoms with Crippen LogP contribution in [0.15, 0.2) is 58.3 Å². The number of rotatable bonds is 4. The van der Waals surface area contributed by atoms with Crippen molar-refractivity contribution in [1.29, 1.82) is 0 Å². The standard InChI is InChI=1S/C30H24Br4N2O6S/c31-23-15-9-16(24(23)32)20-19(15)27(37)35(28(20)38)11-1-5-13(6-2-11)43(41,42)14-7-3-12(4-8-14)36-29(39)21-17-10-18(22(21)30(36)40)26(34)25(17)33/h1-8,15-26H,9-10H2/t15?,16?,17?,18?,19?,20?,21?,22?,23-,24+,25-,26+. The summed E-state index contributed by atoms with van der Waals surface area (Å²) in [6.07, 6.45) is 1.67. The van der Waals surface area contributed by atoms with Crippen molar-refractivity contribution in [2.24, 2.45) is 47.3 Å². The summed E-state index contributed by atoms with van der Waals surface area (Å²) in [6.45, 7) is 0. The van der Waals surface area contributed by atoms with Crippen LogP contribution < -0.4 is 9.80 Å². The predicted molar refractivity (Wildman–Crippen MR) is 171 cm³/mol. The highest BCUT2D eigenvalue weighted by Crippen LogP contribution is 2.62. The third-order valence-electron chi connectivity index (χ3n) is 10.8. The molecule has 12 atom stereocenters. The number of sulfone groups is 1. The Morgan fingerprint density at radius 2 is 0.744 bits per heavy atom. The molecule has 13 heteroatoms. The number of anilines is 2. The van der Waals surface area contributed by atoms with E-state index in [9.17, 15) is 27.6 Å². The number of fused-ring (bicyclic) bond motifs is 10. The number of halogens is 4. The number of benzene rings is 2. The van der Waals surface area contributed by atoms with E-state index in [2.05, 4.69) is 63.7 Å². The molecule has 6 fully saturated rings. The fraction of sp³-hybridized carbons (Fsp3) is 0.467. The molecule has 2 saturated heterocycles. The topological polar surface area (TPSA) is 109 Å². The highest BCUT2D eigenvalue weighted by Gasteiger charge is 2.67. The molecule has 4 aliphatic carbocycles. The molecule has 43 heavy (non-hydrogen) atoms. The van der Waals surface area contributed by atoms with Gasteiger partial charge in [0.2, 0.25) is 33.5 Å². The molecule has 6 aliphatic rings. The number of carbonyl (C=O) groups excluding carboxylic acids is 4. The number of nitrogens with zero attached hydrogens (tertiary/aromatic N) is 2. The van der Waals surface area contributed by atoms with Crippen molar-refractivity contribution in [3.05, 3.63) is 48.5 Å². The van der Waals surface area contributed by atoms with Crippen LogP contribution in [-0.4, -0.2) is 51.4 Å². The molecule has 0 aromatic heterocycles. The quantitative estimate of drug-likeness (QED) is 0.314. The number of imide groups is 2. The summed E-state index contributed by atoms with van der Waals surface area (Å²) in [5.41, 5.74) is 0.717. The fourth-order valence-corrected chi connectivity index (χ4v) is 13.9.